The fourth-order valence-electron chi connectivity index (χ4n) is 2.94. The highest BCUT2D eigenvalue weighted by Crippen LogP contribution is 2.22. The van der Waals surface area contributed by atoms with E-state index in [1.807, 2.05) is 17.4 Å². The van der Waals surface area contributed by atoms with Crippen molar-refractivity contribution >= 4 is 22.4 Å². The second-order valence-electron chi connectivity index (χ2n) is 6.04. The third kappa shape index (κ3) is 4.03. The number of hydrogen-bond acceptors (Lipinski definition) is 2. The molecule has 3 rings (SSSR count). The van der Waals surface area contributed by atoms with Crippen LogP contribution in [0.4, 0.5) is 5.69 Å². The van der Waals surface area contributed by atoms with Crippen LogP contribution in [-0.4, -0.2) is 12.5 Å². The van der Waals surface area contributed by atoms with Gasteiger partial charge in [-0.2, -0.15) is 5.26 Å². The van der Waals surface area contributed by atoms with Crippen molar-refractivity contribution in [3.05, 3.63) is 77.9 Å². The molecule has 124 valence electrons. The molecule has 4 heteroatoms. The van der Waals surface area contributed by atoms with Crippen LogP contribution >= 0.6 is 0 Å². The first kappa shape index (κ1) is 16.7. The van der Waals surface area contributed by atoms with Crippen LogP contribution in [0.5, 0.6) is 0 Å². The van der Waals surface area contributed by atoms with Gasteiger partial charge >= 0.3 is 0 Å². The molecular formula is C21H20N3O+. The number of nitrogens with zero attached hydrogens (tertiary/aromatic N) is 1. The molecule has 0 bridgehead atoms. The zero-order valence-electron chi connectivity index (χ0n) is 14.1. The van der Waals surface area contributed by atoms with Gasteiger partial charge in [-0.1, -0.05) is 48.5 Å². The molecule has 0 aromatic heterocycles. The number of hydrogen-bond donors (Lipinski definition) is 2. The maximum absolute atomic E-state index is 12.2. The van der Waals surface area contributed by atoms with Crippen LogP contribution in [0.15, 0.2) is 66.7 Å². The number of anilines is 1. The minimum absolute atomic E-state index is 0.0813. The maximum Gasteiger partial charge on any atom is 0.279 e. The molecule has 0 aliphatic rings. The molecule has 4 nitrogen and oxygen atoms in total. The Hall–Kier alpha value is -3.16. The Labute approximate surface area is 147 Å². The Morgan fingerprint density at radius 2 is 1.88 bits per heavy atom. The summed E-state index contributed by atoms with van der Waals surface area (Å²) < 4.78 is 0. The summed E-state index contributed by atoms with van der Waals surface area (Å²) in [6, 6.07) is 23.7. The summed E-state index contributed by atoms with van der Waals surface area (Å²) in [5.41, 5.74) is 2.40. The average Bonchev–Trinajstić information content (AvgIpc) is 2.65. The average molecular weight is 330 g/mol. The van der Waals surface area contributed by atoms with E-state index in [2.05, 4.69) is 48.6 Å². The van der Waals surface area contributed by atoms with Crippen molar-refractivity contribution in [2.45, 2.75) is 13.0 Å². The topological polar surface area (TPSA) is 69.5 Å². The van der Waals surface area contributed by atoms with Crippen LogP contribution in [0.1, 0.15) is 24.1 Å². The van der Waals surface area contributed by atoms with E-state index in [-0.39, 0.29) is 11.9 Å². The van der Waals surface area contributed by atoms with Gasteiger partial charge in [-0.25, -0.2) is 0 Å². The number of fused-ring (bicyclic) bond motifs is 1. The Balaban J connectivity index is 1.64. The van der Waals surface area contributed by atoms with Crippen LogP contribution in [0, 0.1) is 11.3 Å². The van der Waals surface area contributed by atoms with E-state index in [1.165, 1.54) is 16.3 Å². The molecule has 3 aromatic carbocycles. The Morgan fingerprint density at radius 1 is 1.12 bits per heavy atom. The predicted octanol–water partition coefficient (Wildman–Crippen LogP) is 2.97. The van der Waals surface area contributed by atoms with E-state index < -0.39 is 0 Å². The first-order valence-electron chi connectivity index (χ1n) is 8.28. The number of nitriles is 1. The van der Waals surface area contributed by atoms with E-state index in [9.17, 15) is 4.79 Å². The molecule has 0 spiro atoms. The molecule has 3 aromatic rings. The first-order valence-corrected chi connectivity index (χ1v) is 8.28. The largest absolute Gasteiger partial charge is 0.332 e. The van der Waals surface area contributed by atoms with Gasteiger partial charge in [0, 0.05) is 11.3 Å². The fourth-order valence-corrected chi connectivity index (χ4v) is 2.94. The minimum Gasteiger partial charge on any atom is -0.332 e. The molecule has 0 heterocycles. The van der Waals surface area contributed by atoms with E-state index >= 15 is 0 Å². The number of quaternary nitrogens is 1. The number of amides is 1. The quantitative estimate of drug-likeness (QED) is 0.755. The lowest BCUT2D eigenvalue weighted by Crippen LogP contribution is -2.86. The second kappa shape index (κ2) is 7.61. The van der Waals surface area contributed by atoms with Crippen molar-refractivity contribution in [1.29, 1.82) is 5.26 Å². The van der Waals surface area contributed by atoms with Crippen LogP contribution in [0.2, 0.25) is 0 Å². The van der Waals surface area contributed by atoms with Crippen molar-refractivity contribution in [2.75, 3.05) is 11.9 Å². The third-order valence-electron chi connectivity index (χ3n) is 4.25. The number of carbonyl (C=O) groups is 1. The zero-order chi connectivity index (χ0) is 17.6. The lowest BCUT2D eigenvalue weighted by atomic mass is 10.00. The number of benzene rings is 3. The smallest absolute Gasteiger partial charge is 0.279 e. The van der Waals surface area contributed by atoms with Gasteiger partial charge in [0.15, 0.2) is 6.54 Å². The summed E-state index contributed by atoms with van der Waals surface area (Å²) in [7, 11) is 0. The molecule has 0 aliphatic carbocycles. The van der Waals surface area contributed by atoms with Gasteiger partial charge in [0.25, 0.3) is 5.91 Å². The fraction of sp³-hybridized carbons (Fsp3) is 0.143. The minimum atomic E-state index is -0.0813. The predicted molar refractivity (Wildman–Crippen MR) is 98.9 cm³/mol. The SMILES string of the molecule is C[C@@H]([NH2+]CC(=O)Nc1cccc(C#N)c1)c1cccc2ccccc12. The van der Waals surface area contributed by atoms with Gasteiger partial charge in [0.1, 0.15) is 6.04 Å². The van der Waals surface area contributed by atoms with Crippen LogP contribution in [0.3, 0.4) is 0 Å². The molecule has 0 unspecified atom stereocenters. The molecule has 0 radical (unpaired) electrons. The Morgan fingerprint density at radius 3 is 2.72 bits per heavy atom. The molecule has 0 fully saturated rings. The maximum atomic E-state index is 12.2. The van der Waals surface area contributed by atoms with Crippen LogP contribution in [0.25, 0.3) is 10.8 Å². The normalized spacial score (nSPS) is 11.7. The summed E-state index contributed by atoms with van der Waals surface area (Å²) in [5.74, 6) is -0.0813. The Bertz CT molecular complexity index is 938. The Kier molecular flexibility index (Phi) is 5.08. The van der Waals surface area contributed by atoms with Crippen LogP contribution < -0.4 is 10.6 Å². The summed E-state index contributed by atoms with van der Waals surface area (Å²) in [6.07, 6.45) is 0. The highest BCUT2D eigenvalue weighted by atomic mass is 16.1. The van der Waals surface area contributed by atoms with Gasteiger partial charge < -0.3 is 10.6 Å². The van der Waals surface area contributed by atoms with Gasteiger partial charge in [-0.3, -0.25) is 4.79 Å². The summed E-state index contributed by atoms with van der Waals surface area (Å²) >= 11 is 0. The van der Waals surface area contributed by atoms with Crippen molar-refractivity contribution in [1.82, 2.24) is 0 Å². The van der Waals surface area contributed by atoms with Gasteiger partial charge in [0.2, 0.25) is 0 Å². The monoisotopic (exact) mass is 330 g/mol. The molecule has 25 heavy (non-hydrogen) atoms. The number of rotatable bonds is 5. The number of carbonyl (C=O) groups excluding carboxylic acids is 1. The molecule has 0 saturated heterocycles. The van der Waals surface area contributed by atoms with Crippen molar-refractivity contribution in [3.8, 4) is 6.07 Å². The van der Waals surface area contributed by atoms with Gasteiger partial charge in [0.05, 0.1) is 11.6 Å². The standard InChI is InChI=1S/C21H19N3O/c1-15(19-11-5-8-17-7-2-3-10-20(17)19)23-14-21(25)24-18-9-4-6-16(12-18)13-22/h2-12,15,23H,14H2,1H3,(H,24,25)/p+1/t15-/m1/s1. The van der Waals surface area contributed by atoms with Crippen molar-refractivity contribution in [3.63, 3.8) is 0 Å². The molecule has 1 atom stereocenters. The number of nitrogens with one attached hydrogen (secondary N) is 1. The molecule has 3 N–H and O–H groups in total. The zero-order valence-corrected chi connectivity index (χ0v) is 14.1. The summed E-state index contributed by atoms with van der Waals surface area (Å²) in [4.78, 5) is 12.2. The summed E-state index contributed by atoms with van der Waals surface area (Å²) in [6.45, 7) is 2.42. The summed E-state index contributed by atoms with van der Waals surface area (Å²) in [5, 5.41) is 16.2. The molecule has 0 saturated carbocycles. The number of nitrogens with two attached hydrogens (primary N) is 1. The van der Waals surface area contributed by atoms with Gasteiger partial charge in [-0.05, 0) is 35.9 Å². The van der Waals surface area contributed by atoms with Crippen molar-refractivity contribution in [2.24, 2.45) is 0 Å². The molecular weight excluding hydrogens is 310 g/mol. The van der Waals surface area contributed by atoms with E-state index in [0.29, 0.717) is 17.8 Å². The highest BCUT2D eigenvalue weighted by molar-refractivity contribution is 5.91. The molecule has 0 aliphatic heterocycles. The second-order valence-corrected chi connectivity index (χ2v) is 6.04. The lowest BCUT2D eigenvalue weighted by molar-refractivity contribution is -0.682. The van der Waals surface area contributed by atoms with E-state index in [1.54, 1.807) is 24.3 Å². The highest BCUT2D eigenvalue weighted by Gasteiger charge is 2.14. The lowest BCUT2D eigenvalue weighted by Gasteiger charge is -2.13. The van der Waals surface area contributed by atoms with Crippen molar-refractivity contribution < 1.29 is 10.1 Å². The first-order chi connectivity index (χ1) is 12.2. The van der Waals surface area contributed by atoms with E-state index in [0.717, 1.165) is 0 Å². The van der Waals surface area contributed by atoms with Crippen LogP contribution in [-0.2, 0) is 4.79 Å². The van der Waals surface area contributed by atoms with Gasteiger partial charge in [-0.15, -0.1) is 0 Å². The molecule has 1 amide bonds. The third-order valence-corrected chi connectivity index (χ3v) is 4.25. The van der Waals surface area contributed by atoms with E-state index in [4.69, 9.17) is 5.26 Å².